The summed E-state index contributed by atoms with van der Waals surface area (Å²) >= 11 is 4.50. The number of aliphatic hydroxyl groups excluding tert-OH is 1. The molecule has 0 aromatic carbocycles. The minimum absolute atomic E-state index is 0.117. The molecule has 1 aliphatic heterocycles. The Morgan fingerprint density at radius 2 is 2.05 bits per heavy atom. The number of aliphatic hydroxyl groups is 1. The van der Waals surface area contributed by atoms with E-state index in [2.05, 4.69) is 15.9 Å². The fraction of sp³-hybridized carbons (Fsp3) is 0.636. The molecule has 0 bridgehead atoms. The van der Waals surface area contributed by atoms with Crippen molar-refractivity contribution in [3.63, 3.8) is 0 Å². The second-order valence-corrected chi connectivity index (χ2v) is 8.95. The summed E-state index contributed by atoms with van der Waals surface area (Å²) in [7, 11) is -3.54. The van der Waals surface area contributed by atoms with E-state index in [0.29, 0.717) is 21.8 Å². The Kier molecular flexibility index (Phi) is 4.69. The number of sulfonamides is 1. The number of thiophene rings is 1. The lowest BCUT2D eigenvalue weighted by molar-refractivity contribution is -0.0440. The van der Waals surface area contributed by atoms with Crippen LogP contribution in [-0.4, -0.2) is 43.1 Å². The molecule has 0 amide bonds. The van der Waals surface area contributed by atoms with Crippen molar-refractivity contribution in [3.05, 3.63) is 14.7 Å². The summed E-state index contributed by atoms with van der Waals surface area (Å²) < 4.78 is 32.7. The Morgan fingerprint density at radius 3 is 2.53 bits per heavy atom. The van der Waals surface area contributed by atoms with E-state index in [1.165, 1.54) is 21.7 Å². The largest absolute Gasteiger partial charge is 0.391 e. The number of ether oxygens (including phenoxy) is 1. The number of hydrogen-bond donors (Lipinski definition) is 1. The lowest BCUT2D eigenvalue weighted by Crippen LogP contribution is -2.48. The van der Waals surface area contributed by atoms with E-state index in [1.807, 2.05) is 13.8 Å². The van der Waals surface area contributed by atoms with Crippen molar-refractivity contribution in [3.8, 4) is 0 Å². The van der Waals surface area contributed by atoms with E-state index < -0.39 is 10.0 Å². The first-order chi connectivity index (χ1) is 8.84. The monoisotopic (exact) mass is 369 g/mol. The van der Waals surface area contributed by atoms with Gasteiger partial charge in [-0.3, -0.25) is 0 Å². The summed E-state index contributed by atoms with van der Waals surface area (Å²) in [6.45, 7) is 4.27. The molecule has 1 aromatic rings. The van der Waals surface area contributed by atoms with Crippen LogP contribution in [0.4, 0.5) is 0 Å². The summed E-state index contributed by atoms with van der Waals surface area (Å²) in [4.78, 5) is 0.850. The van der Waals surface area contributed by atoms with Crippen LogP contribution in [0.1, 0.15) is 18.7 Å². The van der Waals surface area contributed by atoms with Crippen molar-refractivity contribution in [2.75, 3.05) is 13.1 Å². The molecular formula is C11H16BrNO4S2. The van der Waals surface area contributed by atoms with Crippen LogP contribution in [0.15, 0.2) is 14.7 Å². The van der Waals surface area contributed by atoms with E-state index in [0.717, 1.165) is 0 Å². The second-order valence-electron chi connectivity index (χ2n) is 4.59. The molecule has 1 N–H and O–H groups in total. The lowest BCUT2D eigenvalue weighted by atomic mass is 10.3. The first-order valence-electron chi connectivity index (χ1n) is 5.89. The van der Waals surface area contributed by atoms with Crippen molar-refractivity contribution in [1.29, 1.82) is 0 Å². The fourth-order valence-electron chi connectivity index (χ4n) is 2.12. The molecule has 0 saturated carbocycles. The van der Waals surface area contributed by atoms with Crippen LogP contribution in [0, 0.1) is 0 Å². The van der Waals surface area contributed by atoms with E-state index >= 15 is 0 Å². The van der Waals surface area contributed by atoms with Gasteiger partial charge in [0.05, 0.1) is 22.6 Å². The maximum absolute atomic E-state index is 12.6. The Labute approximate surface area is 125 Å². The molecule has 5 nitrogen and oxygen atoms in total. The van der Waals surface area contributed by atoms with Gasteiger partial charge in [0.15, 0.2) is 0 Å². The molecule has 1 aromatic heterocycles. The van der Waals surface area contributed by atoms with E-state index in [1.54, 1.807) is 0 Å². The van der Waals surface area contributed by atoms with Crippen molar-refractivity contribution in [1.82, 2.24) is 4.31 Å². The summed E-state index contributed by atoms with van der Waals surface area (Å²) in [5.41, 5.74) is 0. The normalized spacial score (nSPS) is 25.7. The Hall–Kier alpha value is 0.01000. The smallest absolute Gasteiger partial charge is 0.245 e. The van der Waals surface area contributed by atoms with Crippen LogP contribution in [0.2, 0.25) is 0 Å². The van der Waals surface area contributed by atoms with Crippen LogP contribution in [0.5, 0.6) is 0 Å². The minimum atomic E-state index is -3.54. The molecule has 1 aliphatic rings. The average Bonchev–Trinajstić information content (AvgIpc) is 2.70. The van der Waals surface area contributed by atoms with Crippen molar-refractivity contribution >= 4 is 37.3 Å². The zero-order valence-electron chi connectivity index (χ0n) is 10.7. The number of halogens is 1. The van der Waals surface area contributed by atoms with E-state index in [-0.39, 0.29) is 23.7 Å². The van der Waals surface area contributed by atoms with Gasteiger partial charge in [0.2, 0.25) is 10.0 Å². The van der Waals surface area contributed by atoms with Crippen LogP contribution < -0.4 is 0 Å². The van der Waals surface area contributed by atoms with Gasteiger partial charge in [-0.15, -0.1) is 11.3 Å². The number of hydrogen-bond acceptors (Lipinski definition) is 5. The van der Waals surface area contributed by atoms with Crippen LogP contribution in [0.3, 0.4) is 0 Å². The molecule has 2 atom stereocenters. The molecule has 1 saturated heterocycles. The average molecular weight is 370 g/mol. The standard InChI is InChI=1S/C11H16BrNO4S2/c1-7-4-13(5-8(2)17-7)19(15,16)10-3-9(6-14)18-11(10)12/h3,7-8,14H,4-6H2,1-2H3/t7-,8+. The predicted molar refractivity (Wildman–Crippen MR) is 76.7 cm³/mol. The molecular weight excluding hydrogens is 354 g/mol. The Morgan fingerprint density at radius 1 is 1.47 bits per heavy atom. The van der Waals surface area contributed by atoms with Crippen molar-refractivity contribution < 1.29 is 18.3 Å². The second kappa shape index (κ2) is 5.79. The predicted octanol–water partition coefficient (Wildman–Crippen LogP) is 1.80. The van der Waals surface area contributed by atoms with E-state index in [9.17, 15) is 8.42 Å². The van der Waals surface area contributed by atoms with Gasteiger partial charge in [0.25, 0.3) is 0 Å². The van der Waals surface area contributed by atoms with Crippen molar-refractivity contribution in [2.45, 2.75) is 37.6 Å². The quantitative estimate of drug-likeness (QED) is 0.881. The Balaban J connectivity index is 2.33. The highest BCUT2D eigenvalue weighted by molar-refractivity contribution is 9.11. The van der Waals surface area contributed by atoms with Gasteiger partial charge in [-0.05, 0) is 35.8 Å². The Bertz CT molecular complexity index is 547. The van der Waals surface area contributed by atoms with Crippen LogP contribution >= 0.6 is 27.3 Å². The summed E-state index contributed by atoms with van der Waals surface area (Å²) in [6.07, 6.45) is -0.235. The molecule has 1 fully saturated rings. The third kappa shape index (κ3) is 3.20. The fourth-order valence-corrected chi connectivity index (χ4v) is 6.20. The van der Waals surface area contributed by atoms with Gasteiger partial charge < -0.3 is 9.84 Å². The minimum Gasteiger partial charge on any atom is -0.391 e. The van der Waals surface area contributed by atoms with Gasteiger partial charge in [-0.1, -0.05) is 0 Å². The number of rotatable bonds is 3. The molecule has 108 valence electrons. The number of nitrogens with zero attached hydrogens (tertiary/aromatic N) is 1. The molecule has 2 rings (SSSR count). The molecule has 2 heterocycles. The maximum atomic E-state index is 12.6. The summed E-state index contributed by atoms with van der Waals surface area (Å²) in [5, 5.41) is 9.10. The number of morpholine rings is 1. The SMILES string of the molecule is C[C@@H]1CN(S(=O)(=O)c2cc(CO)sc2Br)C[C@H](C)O1. The molecule has 19 heavy (non-hydrogen) atoms. The van der Waals surface area contributed by atoms with Crippen molar-refractivity contribution in [2.24, 2.45) is 0 Å². The summed E-state index contributed by atoms with van der Waals surface area (Å²) in [5.74, 6) is 0. The summed E-state index contributed by atoms with van der Waals surface area (Å²) in [6, 6.07) is 1.52. The highest BCUT2D eigenvalue weighted by Crippen LogP contribution is 2.34. The van der Waals surface area contributed by atoms with Gasteiger partial charge >= 0.3 is 0 Å². The lowest BCUT2D eigenvalue weighted by Gasteiger charge is -2.34. The van der Waals surface area contributed by atoms with Gasteiger partial charge in [0.1, 0.15) is 4.90 Å². The zero-order valence-corrected chi connectivity index (χ0v) is 13.9. The molecule has 8 heteroatoms. The highest BCUT2D eigenvalue weighted by atomic mass is 79.9. The van der Waals surface area contributed by atoms with Crippen LogP contribution in [-0.2, 0) is 21.4 Å². The third-order valence-electron chi connectivity index (χ3n) is 2.87. The highest BCUT2D eigenvalue weighted by Gasteiger charge is 2.34. The first-order valence-corrected chi connectivity index (χ1v) is 8.94. The topological polar surface area (TPSA) is 66.8 Å². The zero-order chi connectivity index (χ0) is 14.2. The molecule has 0 aliphatic carbocycles. The van der Waals surface area contributed by atoms with Gasteiger partial charge in [0, 0.05) is 18.0 Å². The van der Waals surface area contributed by atoms with E-state index in [4.69, 9.17) is 9.84 Å². The molecule has 0 spiro atoms. The van der Waals surface area contributed by atoms with Gasteiger partial charge in [-0.25, -0.2) is 8.42 Å². The molecule has 0 radical (unpaired) electrons. The van der Waals surface area contributed by atoms with Gasteiger partial charge in [-0.2, -0.15) is 4.31 Å². The first kappa shape index (κ1) is 15.4. The van der Waals surface area contributed by atoms with Crippen LogP contribution in [0.25, 0.3) is 0 Å². The third-order valence-corrected chi connectivity index (χ3v) is 6.93. The maximum Gasteiger partial charge on any atom is 0.245 e. The molecule has 0 unspecified atom stereocenters.